The van der Waals surface area contributed by atoms with Gasteiger partial charge in [-0.1, -0.05) is 38.0 Å². The summed E-state index contributed by atoms with van der Waals surface area (Å²) in [6, 6.07) is 6.70. The number of rotatable bonds is 5. The van der Waals surface area contributed by atoms with Gasteiger partial charge < -0.3 is 15.7 Å². The second kappa shape index (κ2) is 7.11. The van der Waals surface area contributed by atoms with E-state index in [9.17, 15) is 9.59 Å². The van der Waals surface area contributed by atoms with Gasteiger partial charge in [-0.15, -0.1) is 0 Å². The Kier molecular flexibility index (Phi) is 5.20. The summed E-state index contributed by atoms with van der Waals surface area (Å²) in [6.07, 6.45) is 3.53. The van der Waals surface area contributed by atoms with E-state index in [4.69, 9.17) is 5.11 Å². The van der Waals surface area contributed by atoms with Crippen LogP contribution in [0.5, 0.6) is 0 Å². The Balaban J connectivity index is 1.89. The van der Waals surface area contributed by atoms with Crippen molar-refractivity contribution in [2.24, 2.45) is 11.8 Å². The fourth-order valence-corrected chi connectivity index (χ4v) is 2.88. The van der Waals surface area contributed by atoms with Gasteiger partial charge in [0.05, 0.1) is 6.42 Å². The number of carboxylic acids is 1. The van der Waals surface area contributed by atoms with Crippen LogP contribution in [0, 0.1) is 11.8 Å². The smallest absolute Gasteiger partial charge is 0.319 e. The highest BCUT2D eigenvalue weighted by Gasteiger charge is 2.23. The molecular formula is C16H22N2O3. The number of para-hydroxylation sites is 1. The molecule has 1 aliphatic rings. The Morgan fingerprint density at radius 2 is 2.05 bits per heavy atom. The Morgan fingerprint density at radius 1 is 1.29 bits per heavy atom. The van der Waals surface area contributed by atoms with Crippen molar-refractivity contribution in [2.75, 3.05) is 11.9 Å². The lowest BCUT2D eigenvalue weighted by molar-refractivity contribution is -0.136. The molecule has 1 aromatic rings. The average molecular weight is 290 g/mol. The Morgan fingerprint density at radius 3 is 2.71 bits per heavy atom. The molecule has 0 aromatic heterocycles. The van der Waals surface area contributed by atoms with Crippen LogP contribution < -0.4 is 10.6 Å². The molecular weight excluding hydrogens is 268 g/mol. The molecule has 1 saturated carbocycles. The van der Waals surface area contributed by atoms with Crippen LogP contribution in [0.2, 0.25) is 0 Å². The molecule has 2 amide bonds. The predicted octanol–water partition coefficient (Wildman–Crippen LogP) is 2.87. The number of nitrogens with one attached hydrogen (secondary N) is 2. The fraction of sp³-hybridized carbons (Fsp3) is 0.500. The molecule has 5 nitrogen and oxygen atoms in total. The Hall–Kier alpha value is -2.04. The summed E-state index contributed by atoms with van der Waals surface area (Å²) >= 11 is 0. The molecule has 2 atom stereocenters. The van der Waals surface area contributed by atoms with E-state index in [0.29, 0.717) is 29.6 Å². The SMILES string of the molecule is CC1CCCC1CNC(=O)Nc1ccccc1CC(=O)O. The van der Waals surface area contributed by atoms with Crippen LogP contribution in [0.4, 0.5) is 10.5 Å². The Bertz CT molecular complexity index is 516. The number of aliphatic carboxylic acids is 1. The number of benzene rings is 1. The van der Waals surface area contributed by atoms with Gasteiger partial charge in [-0.25, -0.2) is 4.79 Å². The minimum atomic E-state index is -0.913. The third kappa shape index (κ3) is 4.48. The van der Waals surface area contributed by atoms with Gasteiger partial charge in [0.15, 0.2) is 0 Å². The van der Waals surface area contributed by atoms with Crippen molar-refractivity contribution >= 4 is 17.7 Å². The summed E-state index contributed by atoms with van der Waals surface area (Å²) in [5.74, 6) is 0.291. The normalized spacial score (nSPS) is 21.0. The highest BCUT2D eigenvalue weighted by Crippen LogP contribution is 2.30. The van der Waals surface area contributed by atoms with Gasteiger partial charge in [0.2, 0.25) is 0 Å². The molecule has 2 rings (SSSR count). The standard InChI is InChI=1S/C16H22N2O3/c1-11-5-4-7-13(11)10-17-16(21)18-14-8-3-2-6-12(14)9-15(19)20/h2-3,6,8,11,13H,4-5,7,9-10H2,1H3,(H,19,20)(H2,17,18,21). The van der Waals surface area contributed by atoms with Crippen molar-refractivity contribution in [2.45, 2.75) is 32.6 Å². The third-order valence-electron chi connectivity index (χ3n) is 4.17. The summed E-state index contributed by atoms with van der Waals surface area (Å²) in [6.45, 7) is 2.90. The van der Waals surface area contributed by atoms with Gasteiger partial charge in [0.1, 0.15) is 0 Å². The maximum Gasteiger partial charge on any atom is 0.319 e. The van der Waals surface area contributed by atoms with Crippen LogP contribution in [0.3, 0.4) is 0 Å². The van der Waals surface area contributed by atoms with Crippen LogP contribution >= 0.6 is 0 Å². The molecule has 0 aliphatic heterocycles. The van der Waals surface area contributed by atoms with Crippen LogP contribution in [0.25, 0.3) is 0 Å². The van der Waals surface area contributed by atoms with E-state index in [1.807, 2.05) is 0 Å². The molecule has 5 heteroatoms. The van der Waals surface area contributed by atoms with Crippen molar-refractivity contribution in [1.29, 1.82) is 0 Å². The maximum atomic E-state index is 11.9. The van der Waals surface area contributed by atoms with Crippen molar-refractivity contribution in [3.05, 3.63) is 29.8 Å². The summed E-state index contributed by atoms with van der Waals surface area (Å²) in [4.78, 5) is 22.8. The Labute approximate surface area is 124 Å². The summed E-state index contributed by atoms with van der Waals surface area (Å²) < 4.78 is 0. The van der Waals surface area contributed by atoms with Crippen LogP contribution in [0.1, 0.15) is 31.7 Å². The quantitative estimate of drug-likeness (QED) is 0.780. The lowest BCUT2D eigenvalue weighted by atomic mass is 9.98. The van der Waals surface area contributed by atoms with E-state index in [1.54, 1.807) is 24.3 Å². The molecule has 3 N–H and O–H groups in total. The molecule has 1 fully saturated rings. The maximum absolute atomic E-state index is 11.9. The first-order valence-corrected chi connectivity index (χ1v) is 7.41. The summed E-state index contributed by atoms with van der Waals surface area (Å²) in [5, 5.41) is 14.5. The van der Waals surface area contributed by atoms with Gasteiger partial charge in [-0.3, -0.25) is 4.79 Å². The monoisotopic (exact) mass is 290 g/mol. The first kappa shape index (κ1) is 15.4. The second-order valence-electron chi connectivity index (χ2n) is 5.73. The molecule has 114 valence electrons. The van der Waals surface area contributed by atoms with Gasteiger partial charge in [0, 0.05) is 12.2 Å². The number of anilines is 1. The average Bonchev–Trinajstić information content (AvgIpc) is 2.84. The van der Waals surface area contributed by atoms with Crippen molar-refractivity contribution in [3.8, 4) is 0 Å². The number of carbonyl (C=O) groups is 2. The first-order chi connectivity index (χ1) is 10.1. The van der Waals surface area contributed by atoms with Crippen molar-refractivity contribution < 1.29 is 14.7 Å². The molecule has 1 aliphatic carbocycles. The van der Waals surface area contributed by atoms with E-state index < -0.39 is 5.97 Å². The molecule has 2 unspecified atom stereocenters. The highest BCUT2D eigenvalue weighted by molar-refractivity contribution is 5.90. The first-order valence-electron chi connectivity index (χ1n) is 7.41. The molecule has 1 aromatic carbocycles. The minimum absolute atomic E-state index is 0.101. The van der Waals surface area contributed by atoms with Crippen molar-refractivity contribution in [1.82, 2.24) is 5.32 Å². The van der Waals surface area contributed by atoms with E-state index in [1.165, 1.54) is 12.8 Å². The number of carbonyl (C=O) groups excluding carboxylic acids is 1. The number of urea groups is 1. The second-order valence-corrected chi connectivity index (χ2v) is 5.73. The van der Waals surface area contributed by atoms with Gasteiger partial charge in [-0.2, -0.15) is 0 Å². The number of carboxylic acid groups (broad SMARTS) is 1. The van der Waals surface area contributed by atoms with Gasteiger partial charge in [0.25, 0.3) is 0 Å². The van der Waals surface area contributed by atoms with E-state index >= 15 is 0 Å². The molecule has 0 saturated heterocycles. The van der Waals surface area contributed by atoms with Crippen LogP contribution in [-0.2, 0) is 11.2 Å². The van der Waals surface area contributed by atoms with E-state index in [0.717, 1.165) is 6.42 Å². The van der Waals surface area contributed by atoms with Crippen LogP contribution in [-0.4, -0.2) is 23.7 Å². The minimum Gasteiger partial charge on any atom is -0.481 e. The molecule has 0 radical (unpaired) electrons. The number of amides is 2. The molecule has 0 heterocycles. The zero-order chi connectivity index (χ0) is 15.2. The lowest BCUT2D eigenvalue weighted by Crippen LogP contribution is -2.34. The van der Waals surface area contributed by atoms with Crippen LogP contribution in [0.15, 0.2) is 24.3 Å². The zero-order valence-corrected chi connectivity index (χ0v) is 12.3. The summed E-state index contributed by atoms with van der Waals surface area (Å²) in [5.41, 5.74) is 1.16. The molecule has 0 spiro atoms. The van der Waals surface area contributed by atoms with Crippen molar-refractivity contribution in [3.63, 3.8) is 0 Å². The molecule has 0 bridgehead atoms. The molecule has 21 heavy (non-hydrogen) atoms. The van der Waals surface area contributed by atoms with Gasteiger partial charge in [-0.05, 0) is 29.9 Å². The lowest BCUT2D eigenvalue weighted by Gasteiger charge is -2.17. The summed E-state index contributed by atoms with van der Waals surface area (Å²) in [7, 11) is 0. The number of hydrogen-bond acceptors (Lipinski definition) is 2. The fourth-order valence-electron chi connectivity index (χ4n) is 2.88. The van der Waals surface area contributed by atoms with E-state index in [2.05, 4.69) is 17.6 Å². The largest absolute Gasteiger partial charge is 0.481 e. The third-order valence-corrected chi connectivity index (χ3v) is 4.17. The highest BCUT2D eigenvalue weighted by atomic mass is 16.4. The number of hydrogen-bond donors (Lipinski definition) is 3. The zero-order valence-electron chi connectivity index (χ0n) is 12.3. The topological polar surface area (TPSA) is 78.4 Å². The van der Waals surface area contributed by atoms with E-state index in [-0.39, 0.29) is 12.5 Å². The van der Waals surface area contributed by atoms with Gasteiger partial charge >= 0.3 is 12.0 Å². The predicted molar refractivity (Wildman–Crippen MR) is 81.3 cm³/mol.